The summed E-state index contributed by atoms with van der Waals surface area (Å²) in [5.41, 5.74) is 4.98. The maximum absolute atomic E-state index is 10.0. The van der Waals surface area contributed by atoms with Gasteiger partial charge in [-0.3, -0.25) is 0 Å². The number of aliphatic hydroxyl groups is 1. The van der Waals surface area contributed by atoms with Crippen molar-refractivity contribution >= 4 is 0 Å². The molecular formula is C9H19NO2. The molecule has 3 nitrogen and oxygen atoms in total. The first-order valence-corrected chi connectivity index (χ1v) is 4.61. The van der Waals surface area contributed by atoms with Crippen LogP contribution in [-0.2, 0) is 4.74 Å². The molecule has 0 radical (unpaired) electrons. The number of rotatable bonds is 2. The molecule has 3 heteroatoms. The Morgan fingerprint density at radius 3 is 2.42 bits per heavy atom. The highest BCUT2D eigenvalue weighted by atomic mass is 16.5. The van der Waals surface area contributed by atoms with Crippen molar-refractivity contribution in [3.8, 4) is 0 Å². The van der Waals surface area contributed by atoms with E-state index in [2.05, 4.69) is 0 Å². The van der Waals surface area contributed by atoms with Crippen LogP contribution in [0.3, 0.4) is 0 Å². The fourth-order valence-electron chi connectivity index (χ4n) is 1.65. The fourth-order valence-corrected chi connectivity index (χ4v) is 1.65. The lowest BCUT2D eigenvalue weighted by atomic mass is 9.79. The van der Waals surface area contributed by atoms with Crippen LogP contribution in [0.5, 0.6) is 0 Å². The molecule has 1 heterocycles. The van der Waals surface area contributed by atoms with E-state index < -0.39 is 5.60 Å². The van der Waals surface area contributed by atoms with Gasteiger partial charge in [-0.25, -0.2) is 0 Å². The number of hydrogen-bond donors (Lipinski definition) is 2. The summed E-state index contributed by atoms with van der Waals surface area (Å²) in [4.78, 5) is 0. The number of hydrogen-bond acceptors (Lipinski definition) is 3. The quantitative estimate of drug-likeness (QED) is 0.639. The minimum atomic E-state index is -0.732. The number of nitrogens with two attached hydrogens (primary N) is 1. The summed E-state index contributed by atoms with van der Waals surface area (Å²) in [5, 5.41) is 10.0. The normalized spacial score (nSPS) is 28.0. The van der Waals surface area contributed by atoms with Gasteiger partial charge in [-0.2, -0.15) is 0 Å². The van der Waals surface area contributed by atoms with Crippen molar-refractivity contribution in [3.63, 3.8) is 0 Å². The molecule has 0 aromatic heterocycles. The summed E-state index contributed by atoms with van der Waals surface area (Å²) in [6.07, 6.45) is 1.85. The summed E-state index contributed by atoms with van der Waals surface area (Å²) < 4.78 is 5.22. The molecule has 1 aliphatic heterocycles. The molecule has 1 aliphatic rings. The molecule has 2 unspecified atom stereocenters. The van der Waals surface area contributed by atoms with E-state index in [9.17, 15) is 5.11 Å². The summed E-state index contributed by atoms with van der Waals surface area (Å²) in [6, 6.07) is -0.166. The predicted molar refractivity (Wildman–Crippen MR) is 47.8 cm³/mol. The zero-order valence-corrected chi connectivity index (χ0v) is 7.92. The van der Waals surface area contributed by atoms with Gasteiger partial charge in [0.05, 0.1) is 5.60 Å². The van der Waals surface area contributed by atoms with Crippen molar-refractivity contribution in [2.24, 2.45) is 11.7 Å². The van der Waals surface area contributed by atoms with Gasteiger partial charge in [-0.15, -0.1) is 0 Å². The first kappa shape index (κ1) is 9.96. The van der Waals surface area contributed by atoms with Crippen molar-refractivity contribution in [3.05, 3.63) is 0 Å². The second-order valence-corrected chi connectivity index (χ2v) is 3.90. The van der Waals surface area contributed by atoms with Crippen molar-refractivity contribution in [1.82, 2.24) is 0 Å². The van der Waals surface area contributed by atoms with Crippen LogP contribution < -0.4 is 5.73 Å². The van der Waals surface area contributed by atoms with E-state index in [1.807, 2.05) is 13.8 Å². The van der Waals surface area contributed by atoms with E-state index in [0.29, 0.717) is 5.92 Å². The summed E-state index contributed by atoms with van der Waals surface area (Å²) in [5.74, 6) is 0.297. The molecule has 0 saturated carbocycles. The molecule has 3 N–H and O–H groups in total. The Morgan fingerprint density at radius 1 is 1.50 bits per heavy atom. The van der Waals surface area contributed by atoms with Gasteiger partial charge in [0.15, 0.2) is 0 Å². The van der Waals surface area contributed by atoms with Gasteiger partial charge in [-0.1, -0.05) is 0 Å². The van der Waals surface area contributed by atoms with Crippen LogP contribution in [0.4, 0.5) is 0 Å². The molecule has 0 spiro atoms. The molecular weight excluding hydrogens is 154 g/mol. The number of ether oxygens (including phenoxy) is 1. The Labute approximate surface area is 73.9 Å². The van der Waals surface area contributed by atoms with E-state index >= 15 is 0 Å². The molecule has 0 amide bonds. The Balaban J connectivity index is 2.53. The molecule has 1 fully saturated rings. The first-order chi connectivity index (χ1) is 5.55. The average Bonchev–Trinajstić information content (AvgIpc) is 2.06. The molecule has 1 saturated heterocycles. The van der Waals surface area contributed by atoms with Gasteiger partial charge in [0.25, 0.3) is 0 Å². The highest BCUT2D eigenvalue weighted by Gasteiger charge is 2.36. The summed E-state index contributed by atoms with van der Waals surface area (Å²) >= 11 is 0. The molecule has 72 valence electrons. The van der Waals surface area contributed by atoms with Crippen LogP contribution in [0, 0.1) is 5.92 Å². The van der Waals surface area contributed by atoms with Crippen LogP contribution in [-0.4, -0.2) is 30.0 Å². The molecule has 0 aromatic rings. The van der Waals surface area contributed by atoms with Crippen molar-refractivity contribution in [1.29, 1.82) is 0 Å². The third-order valence-corrected chi connectivity index (χ3v) is 2.97. The first-order valence-electron chi connectivity index (χ1n) is 4.61. The van der Waals surface area contributed by atoms with E-state index in [0.717, 1.165) is 26.1 Å². The van der Waals surface area contributed by atoms with Gasteiger partial charge in [-0.05, 0) is 32.6 Å². The van der Waals surface area contributed by atoms with Gasteiger partial charge in [0.2, 0.25) is 0 Å². The Morgan fingerprint density at radius 2 is 2.00 bits per heavy atom. The van der Waals surface area contributed by atoms with Crippen LogP contribution in [0.25, 0.3) is 0 Å². The second kappa shape index (κ2) is 3.73. The van der Waals surface area contributed by atoms with Gasteiger partial charge < -0.3 is 15.6 Å². The fraction of sp³-hybridized carbons (Fsp3) is 1.00. The molecule has 12 heavy (non-hydrogen) atoms. The summed E-state index contributed by atoms with van der Waals surface area (Å²) in [6.45, 7) is 5.20. The second-order valence-electron chi connectivity index (χ2n) is 3.90. The Kier molecular flexibility index (Phi) is 3.09. The van der Waals surface area contributed by atoms with Crippen LogP contribution in [0.2, 0.25) is 0 Å². The average molecular weight is 173 g/mol. The molecule has 0 aromatic carbocycles. The maximum atomic E-state index is 10.0. The smallest absolute Gasteiger partial charge is 0.0796 e. The van der Waals surface area contributed by atoms with E-state index in [-0.39, 0.29) is 6.04 Å². The van der Waals surface area contributed by atoms with Crippen LogP contribution >= 0.6 is 0 Å². The van der Waals surface area contributed by atoms with Crippen molar-refractivity contribution in [2.45, 2.75) is 38.3 Å². The van der Waals surface area contributed by atoms with E-state index in [1.165, 1.54) is 0 Å². The van der Waals surface area contributed by atoms with Crippen molar-refractivity contribution < 1.29 is 9.84 Å². The zero-order chi connectivity index (χ0) is 9.19. The minimum Gasteiger partial charge on any atom is -0.388 e. The van der Waals surface area contributed by atoms with Gasteiger partial charge >= 0.3 is 0 Å². The molecule has 1 rings (SSSR count). The van der Waals surface area contributed by atoms with Gasteiger partial charge in [0, 0.05) is 19.3 Å². The molecule has 0 bridgehead atoms. The third kappa shape index (κ3) is 1.97. The highest BCUT2D eigenvalue weighted by molar-refractivity contribution is 4.89. The lowest BCUT2D eigenvalue weighted by Crippen LogP contribution is -2.50. The standard InChI is InChI=1S/C9H19NO2/c1-7(10)9(2,11)8-3-5-12-6-4-8/h7-8,11H,3-6,10H2,1-2H3. The van der Waals surface area contributed by atoms with Crippen molar-refractivity contribution in [2.75, 3.05) is 13.2 Å². The largest absolute Gasteiger partial charge is 0.388 e. The zero-order valence-electron chi connectivity index (χ0n) is 7.92. The van der Waals surface area contributed by atoms with Crippen LogP contribution in [0.1, 0.15) is 26.7 Å². The summed E-state index contributed by atoms with van der Waals surface area (Å²) in [7, 11) is 0. The third-order valence-electron chi connectivity index (χ3n) is 2.97. The minimum absolute atomic E-state index is 0.166. The topological polar surface area (TPSA) is 55.5 Å². The predicted octanol–water partition coefficient (Wildman–Crippen LogP) is 0.511. The van der Waals surface area contributed by atoms with E-state index in [1.54, 1.807) is 0 Å². The lowest BCUT2D eigenvalue weighted by Gasteiger charge is -2.38. The molecule has 2 atom stereocenters. The molecule has 0 aliphatic carbocycles. The SMILES string of the molecule is CC(N)C(C)(O)C1CCOCC1. The highest BCUT2D eigenvalue weighted by Crippen LogP contribution is 2.28. The maximum Gasteiger partial charge on any atom is 0.0796 e. The van der Waals surface area contributed by atoms with E-state index in [4.69, 9.17) is 10.5 Å². The monoisotopic (exact) mass is 173 g/mol. The Bertz CT molecular complexity index is 139. The Hall–Kier alpha value is -0.120. The van der Waals surface area contributed by atoms with Gasteiger partial charge in [0.1, 0.15) is 0 Å². The lowest BCUT2D eigenvalue weighted by molar-refractivity contribution is -0.0652. The van der Waals surface area contributed by atoms with Crippen LogP contribution in [0.15, 0.2) is 0 Å².